The fraction of sp³-hybridized carbons (Fsp3) is 0.333. The number of esters is 1. The average molecular weight is 419 g/mol. The summed E-state index contributed by atoms with van der Waals surface area (Å²) in [7, 11) is -3.59. The molecule has 7 nitrogen and oxygen atoms in total. The van der Waals surface area contributed by atoms with Gasteiger partial charge in [-0.3, -0.25) is 4.79 Å². The number of nitrogens with one attached hydrogen (secondary N) is 2. The van der Waals surface area contributed by atoms with E-state index in [1.807, 2.05) is 24.3 Å². The van der Waals surface area contributed by atoms with Crippen molar-refractivity contribution < 1.29 is 22.7 Å². The van der Waals surface area contributed by atoms with Crippen molar-refractivity contribution in [1.82, 2.24) is 4.72 Å². The molecule has 0 saturated heterocycles. The normalized spacial score (nSPS) is 12.2. The molecule has 1 amide bonds. The number of hydrogen-bond donors (Lipinski definition) is 2. The van der Waals surface area contributed by atoms with Crippen molar-refractivity contribution in [2.24, 2.45) is 0 Å². The quantitative estimate of drug-likeness (QED) is 0.609. The first kappa shape index (κ1) is 22.6. The van der Waals surface area contributed by atoms with E-state index in [1.54, 1.807) is 6.92 Å². The molecule has 0 unspecified atom stereocenters. The lowest BCUT2D eigenvalue weighted by Crippen LogP contribution is -2.23. The van der Waals surface area contributed by atoms with Gasteiger partial charge in [0.2, 0.25) is 10.0 Å². The van der Waals surface area contributed by atoms with E-state index in [9.17, 15) is 18.0 Å². The van der Waals surface area contributed by atoms with Crippen molar-refractivity contribution in [1.29, 1.82) is 0 Å². The lowest BCUT2D eigenvalue weighted by atomic mass is 9.99. The van der Waals surface area contributed by atoms with Crippen LogP contribution in [0.2, 0.25) is 0 Å². The minimum atomic E-state index is -3.59. The van der Waals surface area contributed by atoms with Crippen LogP contribution in [0.3, 0.4) is 0 Å². The molecule has 1 atom stereocenters. The molecule has 2 N–H and O–H groups in total. The molecule has 0 aliphatic rings. The zero-order valence-corrected chi connectivity index (χ0v) is 17.6. The molecule has 0 aromatic heterocycles. The highest BCUT2D eigenvalue weighted by Gasteiger charge is 2.15. The largest absolute Gasteiger partial charge is 0.452 e. The van der Waals surface area contributed by atoms with Crippen LogP contribution >= 0.6 is 0 Å². The van der Waals surface area contributed by atoms with Crippen molar-refractivity contribution in [3.05, 3.63) is 59.7 Å². The molecule has 0 aliphatic heterocycles. The van der Waals surface area contributed by atoms with Crippen LogP contribution in [0, 0.1) is 0 Å². The monoisotopic (exact) mass is 418 g/mol. The number of anilines is 1. The fourth-order valence-corrected chi connectivity index (χ4v) is 3.63. The molecule has 156 valence electrons. The summed E-state index contributed by atoms with van der Waals surface area (Å²) >= 11 is 0. The smallest absolute Gasteiger partial charge is 0.338 e. The van der Waals surface area contributed by atoms with Gasteiger partial charge in [-0.1, -0.05) is 32.9 Å². The van der Waals surface area contributed by atoms with Crippen molar-refractivity contribution in [3.63, 3.8) is 0 Å². The van der Waals surface area contributed by atoms with Crippen LogP contribution in [0.5, 0.6) is 0 Å². The van der Waals surface area contributed by atoms with Crippen LogP contribution in [-0.2, 0) is 19.6 Å². The lowest BCUT2D eigenvalue weighted by Gasteiger charge is -2.11. The molecule has 8 heteroatoms. The van der Waals surface area contributed by atoms with Crippen LogP contribution in [0.25, 0.3) is 0 Å². The van der Waals surface area contributed by atoms with Gasteiger partial charge in [-0.25, -0.2) is 17.9 Å². The van der Waals surface area contributed by atoms with E-state index in [0.717, 1.165) is 6.42 Å². The predicted octanol–water partition coefficient (Wildman–Crippen LogP) is 3.29. The minimum absolute atomic E-state index is 0.0504. The van der Waals surface area contributed by atoms with Gasteiger partial charge in [-0.15, -0.1) is 0 Å². The maximum absolute atomic E-state index is 12.1. The highest BCUT2D eigenvalue weighted by Crippen LogP contribution is 2.20. The predicted molar refractivity (Wildman–Crippen MR) is 111 cm³/mol. The molecular weight excluding hydrogens is 392 g/mol. The van der Waals surface area contributed by atoms with Gasteiger partial charge >= 0.3 is 5.97 Å². The van der Waals surface area contributed by atoms with Gasteiger partial charge in [0, 0.05) is 12.2 Å². The van der Waals surface area contributed by atoms with Gasteiger partial charge in [0.15, 0.2) is 6.61 Å². The molecule has 0 radical (unpaired) electrons. The Morgan fingerprint density at radius 3 is 2.17 bits per heavy atom. The third-order valence-corrected chi connectivity index (χ3v) is 6.01. The summed E-state index contributed by atoms with van der Waals surface area (Å²) in [5, 5.41) is 2.67. The van der Waals surface area contributed by atoms with Gasteiger partial charge in [0.25, 0.3) is 5.91 Å². The van der Waals surface area contributed by atoms with E-state index in [2.05, 4.69) is 23.9 Å². The summed E-state index contributed by atoms with van der Waals surface area (Å²) in [6.45, 7) is 5.75. The Bertz CT molecular complexity index is 938. The third-order valence-electron chi connectivity index (χ3n) is 4.44. The molecule has 0 bridgehead atoms. The van der Waals surface area contributed by atoms with Crippen LogP contribution in [-0.4, -0.2) is 33.4 Å². The van der Waals surface area contributed by atoms with Crippen LogP contribution in [0.15, 0.2) is 53.4 Å². The van der Waals surface area contributed by atoms with Crippen LogP contribution in [0.1, 0.15) is 49.0 Å². The fourth-order valence-electron chi connectivity index (χ4n) is 2.59. The van der Waals surface area contributed by atoms with Crippen LogP contribution < -0.4 is 10.0 Å². The van der Waals surface area contributed by atoms with Crippen molar-refractivity contribution in [2.45, 2.75) is 38.0 Å². The maximum Gasteiger partial charge on any atom is 0.338 e. The Labute approximate surface area is 171 Å². The Morgan fingerprint density at radius 2 is 1.62 bits per heavy atom. The lowest BCUT2D eigenvalue weighted by molar-refractivity contribution is -0.119. The van der Waals surface area contributed by atoms with E-state index >= 15 is 0 Å². The summed E-state index contributed by atoms with van der Waals surface area (Å²) in [6.07, 6.45) is 1.03. The summed E-state index contributed by atoms with van der Waals surface area (Å²) < 4.78 is 31.2. The Hall–Kier alpha value is -2.71. The molecule has 0 aliphatic carbocycles. The number of ether oxygens (including phenoxy) is 1. The molecular formula is C21H26N2O5S. The van der Waals surface area contributed by atoms with E-state index in [0.29, 0.717) is 11.6 Å². The zero-order chi connectivity index (χ0) is 21.4. The first-order valence-electron chi connectivity index (χ1n) is 9.43. The van der Waals surface area contributed by atoms with E-state index in [4.69, 9.17) is 4.74 Å². The third kappa shape index (κ3) is 6.40. The van der Waals surface area contributed by atoms with Crippen molar-refractivity contribution in [3.8, 4) is 0 Å². The molecule has 0 heterocycles. The summed E-state index contributed by atoms with van der Waals surface area (Å²) in [5.41, 5.74) is 1.97. The number of sulfonamides is 1. The second-order valence-electron chi connectivity index (χ2n) is 6.58. The number of benzene rings is 2. The minimum Gasteiger partial charge on any atom is -0.452 e. The highest BCUT2D eigenvalue weighted by molar-refractivity contribution is 7.89. The highest BCUT2D eigenvalue weighted by atomic mass is 32.2. The average Bonchev–Trinajstić information content (AvgIpc) is 2.72. The maximum atomic E-state index is 12.1. The summed E-state index contributed by atoms with van der Waals surface area (Å²) in [4.78, 5) is 24.1. The Balaban J connectivity index is 1.89. The molecule has 0 fully saturated rings. The van der Waals surface area contributed by atoms with Crippen molar-refractivity contribution >= 4 is 27.6 Å². The van der Waals surface area contributed by atoms with Crippen LogP contribution in [0.4, 0.5) is 5.69 Å². The number of rotatable bonds is 9. The number of hydrogen-bond acceptors (Lipinski definition) is 5. The van der Waals surface area contributed by atoms with E-state index in [1.165, 1.54) is 29.8 Å². The topological polar surface area (TPSA) is 102 Å². The zero-order valence-electron chi connectivity index (χ0n) is 16.8. The van der Waals surface area contributed by atoms with E-state index < -0.39 is 28.5 Å². The number of carbonyl (C=O) groups is 2. The van der Waals surface area contributed by atoms with Gasteiger partial charge in [0.05, 0.1) is 10.5 Å². The van der Waals surface area contributed by atoms with Gasteiger partial charge < -0.3 is 10.1 Å². The molecule has 29 heavy (non-hydrogen) atoms. The number of amides is 1. The number of carbonyl (C=O) groups excluding carboxylic acids is 2. The first-order valence-corrected chi connectivity index (χ1v) is 10.9. The Kier molecular flexibility index (Phi) is 7.92. The van der Waals surface area contributed by atoms with Gasteiger partial charge in [-0.2, -0.15) is 0 Å². The molecule has 2 aromatic carbocycles. The molecule has 2 aromatic rings. The SMILES string of the molecule is CCNS(=O)(=O)c1ccc(C(=O)OCC(=O)Nc2ccc([C@H](C)CC)cc2)cc1. The molecule has 0 saturated carbocycles. The Morgan fingerprint density at radius 1 is 1.00 bits per heavy atom. The standard InChI is InChI=1S/C21H26N2O5S/c1-4-15(3)16-6-10-18(11-7-16)23-20(24)14-28-21(25)17-8-12-19(13-9-17)29(26,27)22-5-2/h6-13,15,22H,4-5,14H2,1-3H3,(H,23,24)/t15-/m1/s1. The summed E-state index contributed by atoms with van der Waals surface area (Å²) in [5.74, 6) is -0.722. The molecule has 0 spiro atoms. The molecule has 2 rings (SSSR count). The van der Waals surface area contributed by atoms with Gasteiger partial charge in [0.1, 0.15) is 0 Å². The van der Waals surface area contributed by atoms with Crippen molar-refractivity contribution in [2.75, 3.05) is 18.5 Å². The second-order valence-corrected chi connectivity index (χ2v) is 8.35. The second kappa shape index (κ2) is 10.2. The summed E-state index contributed by atoms with van der Waals surface area (Å²) in [6, 6.07) is 12.9. The first-order chi connectivity index (χ1) is 13.8. The van der Waals surface area contributed by atoms with Gasteiger partial charge in [-0.05, 0) is 54.3 Å². The van der Waals surface area contributed by atoms with E-state index in [-0.39, 0.29) is 17.0 Å².